The van der Waals surface area contributed by atoms with E-state index < -0.39 is 0 Å². The lowest BCUT2D eigenvalue weighted by atomic mass is 9.69. The first-order chi connectivity index (χ1) is 8.54. The molecule has 0 saturated heterocycles. The smallest absolute Gasteiger partial charge is 0.0410 e. The summed E-state index contributed by atoms with van der Waals surface area (Å²) in [6.45, 7) is 4.46. The topological polar surface area (TPSA) is 26.0 Å². The summed E-state index contributed by atoms with van der Waals surface area (Å²) < 4.78 is 0. The fraction of sp³-hybridized carbons (Fsp3) is 0.625. The fourth-order valence-electron chi connectivity index (χ4n) is 3.27. The van der Waals surface area contributed by atoms with Crippen molar-refractivity contribution in [2.45, 2.75) is 51.5 Å². The molecule has 3 atom stereocenters. The van der Waals surface area contributed by atoms with Crippen LogP contribution in [-0.4, -0.2) is 0 Å². The van der Waals surface area contributed by atoms with Gasteiger partial charge in [0, 0.05) is 10.6 Å². The third-order valence-corrected chi connectivity index (χ3v) is 4.89. The van der Waals surface area contributed by atoms with E-state index in [1.807, 2.05) is 18.2 Å². The van der Waals surface area contributed by atoms with Crippen LogP contribution < -0.4 is 5.73 Å². The second kappa shape index (κ2) is 5.63. The first-order valence-corrected chi connectivity index (χ1v) is 7.46. The minimum atomic E-state index is -0.251. The SMILES string of the molecule is CCC1CCCC(C(C)(N)c2cccc(Cl)c2)C1. The third-order valence-electron chi connectivity index (χ3n) is 4.65. The summed E-state index contributed by atoms with van der Waals surface area (Å²) in [4.78, 5) is 0. The number of halogens is 1. The van der Waals surface area contributed by atoms with E-state index in [1.165, 1.54) is 37.7 Å². The molecule has 1 aromatic rings. The van der Waals surface area contributed by atoms with Crippen LogP contribution in [0, 0.1) is 11.8 Å². The summed E-state index contributed by atoms with van der Waals surface area (Å²) in [5, 5.41) is 0.784. The Labute approximate surface area is 116 Å². The van der Waals surface area contributed by atoms with Gasteiger partial charge in [-0.05, 0) is 49.3 Å². The Morgan fingerprint density at radius 2 is 2.17 bits per heavy atom. The Kier molecular flexibility index (Phi) is 4.34. The molecule has 0 heterocycles. The maximum atomic E-state index is 6.64. The van der Waals surface area contributed by atoms with Gasteiger partial charge in [-0.15, -0.1) is 0 Å². The van der Waals surface area contributed by atoms with Crippen molar-refractivity contribution in [1.29, 1.82) is 0 Å². The van der Waals surface area contributed by atoms with E-state index in [-0.39, 0.29) is 5.54 Å². The number of nitrogens with two attached hydrogens (primary N) is 1. The summed E-state index contributed by atoms with van der Waals surface area (Å²) in [5.41, 5.74) is 7.57. The fourth-order valence-corrected chi connectivity index (χ4v) is 3.46. The first-order valence-electron chi connectivity index (χ1n) is 7.09. The maximum absolute atomic E-state index is 6.64. The number of hydrogen-bond acceptors (Lipinski definition) is 1. The molecule has 1 aliphatic rings. The normalized spacial score (nSPS) is 27.8. The van der Waals surface area contributed by atoms with Crippen LogP contribution in [0.25, 0.3) is 0 Å². The van der Waals surface area contributed by atoms with Gasteiger partial charge in [-0.2, -0.15) is 0 Å². The van der Waals surface area contributed by atoms with E-state index in [1.54, 1.807) is 0 Å². The summed E-state index contributed by atoms with van der Waals surface area (Å²) in [5.74, 6) is 1.43. The molecule has 0 spiro atoms. The van der Waals surface area contributed by atoms with Crippen molar-refractivity contribution in [2.24, 2.45) is 17.6 Å². The van der Waals surface area contributed by atoms with Gasteiger partial charge in [0.2, 0.25) is 0 Å². The lowest BCUT2D eigenvalue weighted by Gasteiger charge is -2.40. The number of benzene rings is 1. The van der Waals surface area contributed by atoms with Crippen LogP contribution in [0.15, 0.2) is 24.3 Å². The molecule has 2 N–H and O–H groups in total. The molecule has 18 heavy (non-hydrogen) atoms. The van der Waals surface area contributed by atoms with E-state index in [0.717, 1.165) is 10.9 Å². The molecule has 2 rings (SSSR count). The zero-order chi connectivity index (χ0) is 13.2. The first kappa shape index (κ1) is 13.9. The summed E-state index contributed by atoms with van der Waals surface area (Å²) in [7, 11) is 0. The van der Waals surface area contributed by atoms with Crippen LogP contribution in [0.5, 0.6) is 0 Å². The standard InChI is InChI=1S/C16H24ClN/c1-3-12-6-4-7-13(10-12)16(2,18)14-8-5-9-15(17)11-14/h5,8-9,11-13H,3-4,6-7,10,18H2,1-2H3. The average Bonchev–Trinajstić information content (AvgIpc) is 2.39. The maximum Gasteiger partial charge on any atom is 0.0410 e. The molecule has 0 aromatic heterocycles. The second-order valence-corrected chi connectivity index (χ2v) is 6.37. The molecule has 3 unspecified atom stereocenters. The van der Waals surface area contributed by atoms with Gasteiger partial charge in [0.25, 0.3) is 0 Å². The average molecular weight is 266 g/mol. The lowest BCUT2D eigenvalue weighted by Crippen LogP contribution is -2.43. The van der Waals surface area contributed by atoms with Crippen LogP contribution in [-0.2, 0) is 5.54 Å². The number of hydrogen-bond donors (Lipinski definition) is 1. The number of rotatable bonds is 3. The lowest BCUT2D eigenvalue weighted by molar-refractivity contribution is 0.173. The Hall–Kier alpha value is -0.530. The van der Waals surface area contributed by atoms with Gasteiger partial charge in [-0.1, -0.05) is 49.9 Å². The molecule has 0 aliphatic heterocycles. The van der Waals surface area contributed by atoms with Crippen LogP contribution in [0.4, 0.5) is 0 Å². The minimum Gasteiger partial charge on any atom is -0.321 e. The minimum absolute atomic E-state index is 0.251. The van der Waals surface area contributed by atoms with Gasteiger partial charge in [0.15, 0.2) is 0 Å². The Bertz CT molecular complexity index is 400. The quantitative estimate of drug-likeness (QED) is 0.840. The van der Waals surface area contributed by atoms with Crippen molar-refractivity contribution in [3.05, 3.63) is 34.9 Å². The molecule has 0 radical (unpaired) electrons. The molecule has 0 amide bonds. The van der Waals surface area contributed by atoms with Crippen LogP contribution in [0.2, 0.25) is 5.02 Å². The molecular weight excluding hydrogens is 242 g/mol. The summed E-state index contributed by atoms with van der Waals surface area (Å²) in [6, 6.07) is 8.05. The molecule has 1 aliphatic carbocycles. The van der Waals surface area contributed by atoms with Gasteiger partial charge in [-0.25, -0.2) is 0 Å². The van der Waals surface area contributed by atoms with Gasteiger partial charge in [-0.3, -0.25) is 0 Å². The van der Waals surface area contributed by atoms with Crippen molar-refractivity contribution >= 4 is 11.6 Å². The van der Waals surface area contributed by atoms with Gasteiger partial charge >= 0.3 is 0 Å². The molecule has 1 aromatic carbocycles. The van der Waals surface area contributed by atoms with Gasteiger partial charge in [0.05, 0.1) is 0 Å². The van der Waals surface area contributed by atoms with Crippen molar-refractivity contribution < 1.29 is 0 Å². The molecule has 1 saturated carbocycles. The largest absolute Gasteiger partial charge is 0.321 e. The van der Waals surface area contributed by atoms with E-state index >= 15 is 0 Å². The Morgan fingerprint density at radius 3 is 2.83 bits per heavy atom. The zero-order valence-electron chi connectivity index (χ0n) is 11.5. The molecule has 1 nitrogen and oxygen atoms in total. The van der Waals surface area contributed by atoms with Crippen molar-refractivity contribution in [3.63, 3.8) is 0 Å². The Balaban J connectivity index is 2.19. The molecule has 2 heteroatoms. The highest BCUT2D eigenvalue weighted by Crippen LogP contribution is 2.40. The summed E-state index contributed by atoms with van der Waals surface area (Å²) in [6.07, 6.45) is 6.48. The van der Waals surface area contributed by atoms with E-state index in [2.05, 4.69) is 19.9 Å². The monoisotopic (exact) mass is 265 g/mol. The van der Waals surface area contributed by atoms with Crippen molar-refractivity contribution in [3.8, 4) is 0 Å². The van der Waals surface area contributed by atoms with Gasteiger partial charge < -0.3 is 5.73 Å². The third kappa shape index (κ3) is 2.89. The van der Waals surface area contributed by atoms with E-state index in [9.17, 15) is 0 Å². The second-order valence-electron chi connectivity index (χ2n) is 5.93. The van der Waals surface area contributed by atoms with Crippen molar-refractivity contribution in [2.75, 3.05) is 0 Å². The van der Waals surface area contributed by atoms with Gasteiger partial charge in [0.1, 0.15) is 0 Å². The molecule has 100 valence electrons. The predicted molar refractivity (Wildman–Crippen MR) is 78.7 cm³/mol. The van der Waals surface area contributed by atoms with Crippen LogP contribution in [0.3, 0.4) is 0 Å². The summed E-state index contributed by atoms with van der Waals surface area (Å²) >= 11 is 6.09. The van der Waals surface area contributed by atoms with Crippen LogP contribution >= 0.6 is 11.6 Å². The predicted octanol–water partition coefficient (Wildman–Crippen LogP) is 4.73. The van der Waals surface area contributed by atoms with Crippen LogP contribution in [0.1, 0.15) is 51.5 Å². The van der Waals surface area contributed by atoms with E-state index in [4.69, 9.17) is 17.3 Å². The molecular formula is C16H24ClN. The molecule has 1 fully saturated rings. The molecule has 0 bridgehead atoms. The Morgan fingerprint density at radius 1 is 1.39 bits per heavy atom. The van der Waals surface area contributed by atoms with E-state index in [0.29, 0.717) is 5.92 Å². The highest BCUT2D eigenvalue weighted by molar-refractivity contribution is 6.30. The zero-order valence-corrected chi connectivity index (χ0v) is 12.2. The highest BCUT2D eigenvalue weighted by Gasteiger charge is 2.35. The van der Waals surface area contributed by atoms with Crippen molar-refractivity contribution in [1.82, 2.24) is 0 Å². The highest BCUT2D eigenvalue weighted by atomic mass is 35.5.